The van der Waals surface area contributed by atoms with Crippen molar-refractivity contribution in [3.8, 4) is 11.3 Å². The monoisotopic (exact) mass is 315 g/mol. The molecule has 8 heteroatoms. The lowest BCUT2D eigenvalue weighted by molar-refractivity contribution is 0.0601. The Morgan fingerprint density at radius 3 is 2.95 bits per heavy atom. The number of hydrogen-bond acceptors (Lipinski definition) is 5. The Morgan fingerprint density at radius 1 is 1.41 bits per heavy atom. The van der Waals surface area contributed by atoms with Crippen LogP contribution in [0.4, 0.5) is 5.13 Å². The number of rotatable bonds is 3. The highest BCUT2D eigenvalue weighted by Gasteiger charge is 2.13. The molecule has 22 heavy (non-hydrogen) atoms. The summed E-state index contributed by atoms with van der Waals surface area (Å²) in [6.07, 6.45) is 1.83. The molecule has 7 nitrogen and oxygen atoms in total. The molecule has 0 saturated carbocycles. The number of ether oxygens (including phenoxy) is 1. The highest BCUT2D eigenvalue weighted by Crippen LogP contribution is 2.32. The SMILES string of the molecule is COC(=O)c1ccc2[nH]cc(-c3csc(N=C(N)N)n3)c2c1. The molecule has 3 aromatic rings. The lowest BCUT2D eigenvalue weighted by Crippen LogP contribution is -2.21. The quantitative estimate of drug-likeness (QED) is 0.388. The third kappa shape index (κ3) is 2.51. The Morgan fingerprint density at radius 2 is 2.23 bits per heavy atom. The number of guanidine groups is 1. The largest absolute Gasteiger partial charge is 0.465 e. The summed E-state index contributed by atoms with van der Waals surface area (Å²) < 4.78 is 4.75. The van der Waals surface area contributed by atoms with E-state index in [-0.39, 0.29) is 11.9 Å². The fourth-order valence-corrected chi connectivity index (χ4v) is 2.83. The van der Waals surface area contributed by atoms with E-state index in [1.54, 1.807) is 12.1 Å². The number of methoxy groups -OCH3 is 1. The van der Waals surface area contributed by atoms with Crippen LogP contribution in [0.5, 0.6) is 0 Å². The number of fused-ring (bicyclic) bond motifs is 1. The van der Waals surface area contributed by atoms with Crippen LogP contribution in [0.1, 0.15) is 10.4 Å². The molecule has 112 valence electrons. The van der Waals surface area contributed by atoms with Crippen molar-refractivity contribution >= 4 is 39.3 Å². The number of esters is 1. The third-order valence-corrected chi connectivity index (χ3v) is 3.83. The maximum Gasteiger partial charge on any atom is 0.337 e. The number of aromatic amines is 1. The van der Waals surface area contributed by atoms with Gasteiger partial charge in [0.25, 0.3) is 0 Å². The molecule has 0 amide bonds. The summed E-state index contributed by atoms with van der Waals surface area (Å²) in [5.41, 5.74) is 13.7. The standard InChI is InChI=1S/C14H13N5O2S/c1-21-12(20)7-2-3-10-8(4-7)9(5-17-10)11-6-22-14(18-11)19-13(15)16/h2-6,17H,1H3,(H4,15,16,18,19). The Labute approximate surface area is 129 Å². The second kappa shape index (κ2) is 5.49. The number of hydrogen-bond donors (Lipinski definition) is 3. The number of nitrogens with two attached hydrogens (primary N) is 2. The molecular formula is C14H13N5O2S. The second-order valence-electron chi connectivity index (χ2n) is 4.51. The van der Waals surface area contributed by atoms with Crippen LogP contribution < -0.4 is 11.5 Å². The topological polar surface area (TPSA) is 119 Å². The summed E-state index contributed by atoms with van der Waals surface area (Å²) >= 11 is 1.34. The number of aromatic nitrogens is 2. The van der Waals surface area contributed by atoms with E-state index in [1.807, 2.05) is 17.6 Å². The van der Waals surface area contributed by atoms with Crippen LogP contribution in [0.2, 0.25) is 0 Å². The van der Waals surface area contributed by atoms with E-state index in [0.29, 0.717) is 10.7 Å². The van der Waals surface area contributed by atoms with Gasteiger partial charge < -0.3 is 21.2 Å². The minimum Gasteiger partial charge on any atom is -0.465 e. The zero-order valence-corrected chi connectivity index (χ0v) is 12.5. The molecule has 0 aliphatic carbocycles. The van der Waals surface area contributed by atoms with Crippen LogP contribution >= 0.6 is 11.3 Å². The number of aliphatic imine (C=N–C) groups is 1. The number of carbonyl (C=O) groups excluding carboxylic acids is 1. The number of nitrogens with one attached hydrogen (secondary N) is 1. The molecule has 0 aliphatic rings. The first-order chi connectivity index (χ1) is 10.6. The smallest absolute Gasteiger partial charge is 0.337 e. The molecule has 0 saturated heterocycles. The Hall–Kier alpha value is -2.87. The fraction of sp³-hybridized carbons (Fsp3) is 0.0714. The first kappa shape index (κ1) is 14.1. The Balaban J connectivity index is 2.08. The zero-order valence-electron chi connectivity index (χ0n) is 11.7. The minimum atomic E-state index is -0.381. The molecule has 0 atom stereocenters. The van der Waals surface area contributed by atoms with Gasteiger partial charge in [-0.1, -0.05) is 0 Å². The van der Waals surface area contributed by atoms with Crippen molar-refractivity contribution in [3.63, 3.8) is 0 Å². The highest BCUT2D eigenvalue weighted by molar-refractivity contribution is 7.13. The summed E-state index contributed by atoms with van der Waals surface area (Å²) in [6, 6.07) is 5.31. The van der Waals surface area contributed by atoms with Crippen molar-refractivity contribution < 1.29 is 9.53 Å². The highest BCUT2D eigenvalue weighted by atomic mass is 32.1. The zero-order chi connectivity index (χ0) is 15.7. The fourth-order valence-electron chi connectivity index (χ4n) is 2.13. The van der Waals surface area contributed by atoms with Gasteiger partial charge in [-0.15, -0.1) is 11.3 Å². The average molecular weight is 315 g/mol. The van der Waals surface area contributed by atoms with Gasteiger partial charge in [0.1, 0.15) is 0 Å². The van der Waals surface area contributed by atoms with Crippen molar-refractivity contribution in [1.29, 1.82) is 0 Å². The number of H-pyrrole nitrogens is 1. The van der Waals surface area contributed by atoms with Gasteiger partial charge in [0.15, 0.2) is 5.96 Å². The minimum absolute atomic E-state index is 0.0344. The van der Waals surface area contributed by atoms with E-state index in [2.05, 4.69) is 15.0 Å². The summed E-state index contributed by atoms with van der Waals surface area (Å²) in [4.78, 5) is 23.1. The predicted octanol–water partition coefficient (Wildman–Crippen LogP) is 1.98. The van der Waals surface area contributed by atoms with E-state index in [9.17, 15) is 4.79 Å². The molecule has 0 spiro atoms. The molecule has 0 unspecified atom stereocenters. The molecule has 0 bridgehead atoms. The van der Waals surface area contributed by atoms with Gasteiger partial charge in [-0.05, 0) is 18.2 Å². The number of nitrogens with zero attached hydrogens (tertiary/aromatic N) is 2. The van der Waals surface area contributed by atoms with Gasteiger partial charge in [0.2, 0.25) is 5.13 Å². The van der Waals surface area contributed by atoms with Crippen LogP contribution in [-0.4, -0.2) is 29.0 Å². The van der Waals surface area contributed by atoms with E-state index in [0.717, 1.165) is 22.2 Å². The number of carbonyl (C=O) groups is 1. The summed E-state index contributed by atoms with van der Waals surface area (Å²) in [6.45, 7) is 0. The van der Waals surface area contributed by atoms with Crippen LogP contribution in [0, 0.1) is 0 Å². The molecule has 2 aromatic heterocycles. The molecule has 2 heterocycles. The molecule has 0 aliphatic heterocycles. The van der Waals surface area contributed by atoms with Gasteiger partial charge in [-0.2, -0.15) is 4.99 Å². The maximum absolute atomic E-state index is 11.7. The molecule has 1 aromatic carbocycles. The van der Waals surface area contributed by atoms with Crippen LogP contribution in [0.3, 0.4) is 0 Å². The predicted molar refractivity (Wildman–Crippen MR) is 86.2 cm³/mol. The molecule has 0 radical (unpaired) electrons. The van der Waals surface area contributed by atoms with E-state index in [1.165, 1.54) is 18.4 Å². The third-order valence-electron chi connectivity index (χ3n) is 3.10. The summed E-state index contributed by atoms with van der Waals surface area (Å²) in [7, 11) is 1.35. The Bertz CT molecular complexity index is 876. The molecule has 3 rings (SSSR count). The lowest BCUT2D eigenvalue weighted by atomic mass is 10.1. The van der Waals surface area contributed by atoms with Crippen LogP contribution in [-0.2, 0) is 4.74 Å². The van der Waals surface area contributed by atoms with Gasteiger partial charge in [-0.3, -0.25) is 0 Å². The van der Waals surface area contributed by atoms with Crippen LogP contribution in [0.25, 0.3) is 22.2 Å². The average Bonchev–Trinajstić information content (AvgIpc) is 3.11. The Kier molecular flexibility index (Phi) is 3.51. The van der Waals surface area contributed by atoms with Gasteiger partial charge in [0.05, 0.1) is 18.4 Å². The maximum atomic E-state index is 11.7. The number of benzene rings is 1. The van der Waals surface area contributed by atoms with E-state index >= 15 is 0 Å². The molecule has 5 N–H and O–H groups in total. The first-order valence-corrected chi connectivity index (χ1v) is 7.21. The molecule has 0 fully saturated rings. The van der Waals surface area contributed by atoms with Crippen molar-refractivity contribution in [2.24, 2.45) is 16.5 Å². The lowest BCUT2D eigenvalue weighted by Gasteiger charge is -2.00. The van der Waals surface area contributed by atoms with Crippen molar-refractivity contribution in [1.82, 2.24) is 9.97 Å². The van der Waals surface area contributed by atoms with Crippen molar-refractivity contribution in [2.45, 2.75) is 0 Å². The normalized spacial score (nSPS) is 10.6. The number of thiazole rings is 1. The van der Waals surface area contributed by atoms with Crippen LogP contribution in [0.15, 0.2) is 34.8 Å². The van der Waals surface area contributed by atoms with Crippen molar-refractivity contribution in [2.75, 3.05) is 7.11 Å². The van der Waals surface area contributed by atoms with E-state index < -0.39 is 0 Å². The first-order valence-electron chi connectivity index (χ1n) is 6.33. The summed E-state index contributed by atoms with van der Waals surface area (Å²) in [5, 5.41) is 3.22. The van der Waals surface area contributed by atoms with Gasteiger partial charge >= 0.3 is 5.97 Å². The second-order valence-corrected chi connectivity index (χ2v) is 5.34. The van der Waals surface area contributed by atoms with Gasteiger partial charge in [-0.25, -0.2) is 9.78 Å². The summed E-state index contributed by atoms with van der Waals surface area (Å²) in [5.74, 6) is -0.415. The van der Waals surface area contributed by atoms with Crippen molar-refractivity contribution in [3.05, 3.63) is 35.3 Å². The van der Waals surface area contributed by atoms with E-state index in [4.69, 9.17) is 16.2 Å². The van der Waals surface area contributed by atoms with Gasteiger partial charge in [0, 0.05) is 28.0 Å². The molecular weight excluding hydrogens is 302 g/mol.